The molecule has 1 aliphatic heterocycles. The van der Waals surface area contributed by atoms with Gasteiger partial charge in [0.15, 0.2) is 0 Å². The Morgan fingerprint density at radius 3 is 2.65 bits per heavy atom. The van der Waals surface area contributed by atoms with Crippen LogP contribution in [0.2, 0.25) is 0 Å². The number of carbonyl (C=O) groups excluding carboxylic acids is 1. The second kappa shape index (κ2) is 8.46. The summed E-state index contributed by atoms with van der Waals surface area (Å²) in [6.45, 7) is 6.23. The van der Waals surface area contributed by atoms with Crippen molar-refractivity contribution < 1.29 is 14.6 Å². The highest BCUT2D eigenvalue weighted by atomic mass is 16.5. The van der Waals surface area contributed by atoms with Gasteiger partial charge < -0.3 is 15.2 Å². The molecule has 0 unspecified atom stereocenters. The van der Waals surface area contributed by atoms with Crippen molar-refractivity contribution in [2.75, 3.05) is 26.4 Å². The second-order valence-corrected chi connectivity index (χ2v) is 6.82. The predicted octanol–water partition coefficient (Wildman–Crippen LogP) is 2.53. The van der Waals surface area contributed by atoms with Crippen molar-refractivity contribution in [2.45, 2.75) is 46.0 Å². The first-order valence-electron chi connectivity index (χ1n) is 8.56. The summed E-state index contributed by atoms with van der Waals surface area (Å²) in [7, 11) is 0. The van der Waals surface area contributed by atoms with Gasteiger partial charge in [0.1, 0.15) is 0 Å². The molecule has 2 rings (SSSR count). The first-order chi connectivity index (χ1) is 11.0. The Balaban J connectivity index is 1.71. The molecule has 1 aromatic carbocycles. The molecule has 0 aliphatic carbocycles. The molecule has 4 heteroatoms. The van der Waals surface area contributed by atoms with Gasteiger partial charge in [-0.1, -0.05) is 18.2 Å². The van der Waals surface area contributed by atoms with Crippen LogP contribution in [-0.4, -0.2) is 37.4 Å². The summed E-state index contributed by atoms with van der Waals surface area (Å²) in [4.78, 5) is 12.0. The van der Waals surface area contributed by atoms with Gasteiger partial charge in [0.2, 0.25) is 5.91 Å². The van der Waals surface area contributed by atoms with E-state index in [1.165, 1.54) is 16.7 Å². The zero-order valence-corrected chi connectivity index (χ0v) is 14.4. The maximum absolute atomic E-state index is 12.0. The van der Waals surface area contributed by atoms with E-state index in [1.807, 2.05) is 0 Å². The van der Waals surface area contributed by atoms with E-state index in [-0.39, 0.29) is 17.9 Å². The van der Waals surface area contributed by atoms with Crippen molar-refractivity contribution >= 4 is 5.91 Å². The standard InChI is InChI=1S/C19H29NO3/c1-15-6-7-17(12-16(15)2)4-3-5-18(22)20-13-19(14-21)8-10-23-11-9-19/h6-7,12,21H,3-5,8-11,13-14H2,1-2H3,(H,20,22). The van der Waals surface area contributed by atoms with E-state index in [4.69, 9.17) is 4.74 Å². The Labute approximate surface area is 139 Å². The number of amides is 1. The quantitative estimate of drug-likeness (QED) is 0.812. The maximum atomic E-state index is 12.0. The first kappa shape index (κ1) is 18.0. The second-order valence-electron chi connectivity index (χ2n) is 6.82. The molecule has 0 spiro atoms. The molecule has 0 saturated carbocycles. The minimum atomic E-state index is -0.192. The van der Waals surface area contributed by atoms with Crippen LogP contribution in [0.3, 0.4) is 0 Å². The molecule has 1 aliphatic rings. The third-order valence-electron chi connectivity index (χ3n) is 4.99. The van der Waals surface area contributed by atoms with Gasteiger partial charge in [-0.15, -0.1) is 0 Å². The van der Waals surface area contributed by atoms with Crippen LogP contribution in [0.5, 0.6) is 0 Å². The van der Waals surface area contributed by atoms with Gasteiger partial charge in [-0.2, -0.15) is 0 Å². The van der Waals surface area contributed by atoms with Crippen molar-refractivity contribution in [3.8, 4) is 0 Å². The lowest BCUT2D eigenvalue weighted by molar-refractivity contribution is -0.122. The molecule has 2 N–H and O–H groups in total. The van der Waals surface area contributed by atoms with Crippen LogP contribution in [0, 0.1) is 19.3 Å². The zero-order chi connectivity index (χ0) is 16.7. The van der Waals surface area contributed by atoms with E-state index in [0.717, 1.165) is 25.7 Å². The Bertz CT molecular complexity index is 521. The zero-order valence-electron chi connectivity index (χ0n) is 14.4. The number of carbonyl (C=O) groups is 1. The monoisotopic (exact) mass is 319 g/mol. The van der Waals surface area contributed by atoms with E-state index in [0.29, 0.717) is 26.2 Å². The van der Waals surface area contributed by atoms with Gasteiger partial charge in [-0.3, -0.25) is 4.79 Å². The number of aryl methyl sites for hydroxylation is 3. The molecule has 1 amide bonds. The average Bonchev–Trinajstić information content (AvgIpc) is 2.57. The fourth-order valence-corrected chi connectivity index (χ4v) is 2.98. The lowest BCUT2D eigenvalue weighted by Crippen LogP contribution is -2.43. The van der Waals surface area contributed by atoms with Crippen LogP contribution >= 0.6 is 0 Å². The highest BCUT2D eigenvalue weighted by molar-refractivity contribution is 5.75. The van der Waals surface area contributed by atoms with Crippen molar-refractivity contribution in [3.63, 3.8) is 0 Å². The first-order valence-corrected chi connectivity index (χ1v) is 8.56. The molecule has 1 saturated heterocycles. The third-order valence-corrected chi connectivity index (χ3v) is 4.99. The molecule has 0 bridgehead atoms. The highest BCUT2D eigenvalue weighted by Gasteiger charge is 2.32. The summed E-state index contributed by atoms with van der Waals surface area (Å²) in [6, 6.07) is 6.49. The van der Waals surface area contributed by atoms with E-state index in [1.54, 1.807) is 0 Å². The largest absolute Gasteiger partial charge is 0.396 e. The minimum absolute atomic E-state index is 0.0770. The van der Waals surface area contributed by atoms with Gasteiger partial charge in [-0.25, -0.2) is 0 Å². The molecule has 0 atom stereocenters. The Morgan fingerprint density at radius 1 is 1.26 bits per heavy atom. The maximum Gasteiger partial charge on any atom is 0.220 e. The topological polar surface area (TPSA) is 58.6 Å². The van der Waals surface area contributed by atoms with E-state index < -0.39 is 0 Å². The van der Waals surface area contributed by atoms with E-state index in [2.05, 4.69) is 37.4 Å². The minimum Gasteiger partial charge on any atom is -0.396 e. The molecule has 0 radical (unpaired) electrons. The Hall–Kier alpha value is -1.39. The van der Waals surface area contributed by atoms with Crippen molar-refractivity contribution in [1.82, 2.24) is 5.32 Å². The van der Waals surface area contributed by atoms with Crippen LogP contribution in [0.1, 0.15) is 42.4 Å². The number of ether oxygens (including phenoxy) is 1. The number of rotatable bonds is 7. The van der Waals surface area contributed by atoms with Gasteiger partial charge in [0.25, 0.3) is 0 Å². The van der Waals surface area contributed by atoms with Gasteiger partial charge >= 0.3 is 0 Å². The molecule has 128 valence electrons. The lowest BCUT2D eigenvalue weighted by atomic mass is 9.81. The molecule has 0 aromatic heterocycles. The summed E-state index contributed by atoms with van der Waals surface area (Å²) in [5.41, 5.74) is 3.70. The number of hydrogen-bond acceptors (Lipinski definition) is 3. The molecular weight excluding hydrogens is 290 g/mol. The summed E-state index contributed by atoms with van der Waals surface area (Å²) < 4.78 is 5.34. The summed E-state index contributed by atoms with van der Waals surface area (Å²) in [5.74, 6) is 0.0770. The number of aliphatic hydroxyl groups is 1. The van der Waals surface area contributed by atoms with Gasteiger partial charge in [0, 0.05) is 31.6 Å². The summed E-state index contributed by atoms with van der Waals surface area (Å²) >= 11 is 0. The molecule has 1 aromatic rings. The smallest absolute Gasteiger partial charge is 0.220 e. The Kier molecular flexibility index (Phi) is 6.60. The van der Waals surface area contributed by atoms with Crippen LogP contribution < -0.4 is 5.32 Å². The fraction of sp³-hybridized carbons (Fsp3) is 0.632. The molecule has 1 heterocycles. The SMILES string of the molecule is Cc1ccc(CCCC(=O)NCC2(CO)CCOCC2)cc1C. The normalized spacial score (nSPS) is 17.0. The number of nitrogens with one attached hydrogen (secondary N) is 1. The number of benzene rings is 1. The molecule has 4 nitrogen and oxygen atoms in total. The predicted molar refractivity (Wildman–Crippen MR) is 91.4 cm³/mol. The third kappa shape index (κ3) is 5.33. The number of hydrogen-bond donors (Lipinski definition) is 2. The fourth-order valence-electron chi connectivity index (χ4n) is 2.98. The van der Waals surface area contributed by atoms with Crippen LogP contribution in [-0.2, 0) is 16.0 Å². The highest BCUT2D eigenvalue weighted by Crippen LogP contribution is 2.29. The lowest BCUT2D eigenvalue weighted by Gasteiger charge is -2.35. The molecule has 23 heavy (non-hydrogen) atoms. The number of aliphatic hydroxyl groups excluding tert-OH is 1. The molecule has 1 fully saturated rings. The van der Waals surface area contributed by atoms with Gasteiger partial charge in [-0.05, 0) is 56.2 Å². The molecular formula is C19H29NO3. The van der Waals surface area contributed by atoms with Crippen molar-refractivity contribution in [3.05, 3.63) is 34.9 Å². The van der Waals surface area contributed by atoms with Crippen LogP contribution in [0.4, 0.5) is 0 Å². The Morgan fingerprint density at radius 2 is 2.00 bits per heavy atom. The van der Waals surface area contributed by atoms with Crippen molar-refractivity contribution in [1.29, 1.82) is 0 Å². The average molecular weight is 319 g/mol. The van der Waals surface area contributed by atoms with Gasteiger partial charge in [0.05, 0.1) is 6.61 Å². The van der Waals surface area contributed by atoms with Crippen LogP contribution in [0.25, 0.3) is 0 Å². The van der Waals surface area contributed by atoms with E-state index in [9.17, 15) is 9.90 Å². The van der Waals surface area contributed by atoms with Crippen LogP contribution in [0.15, 0.2) is 18.2 Å². The summed E-state index contributed by atoms with van der Waals surface area (Å²) in [5, 5.41) is 12.6. The van der Waals surface area contributed by atoms with Crippen molar-refractivity contribution in [2.24, 2.45) is 5.41 Å². The summed E-state index contributed by atoms with van der Waals surface area (Å²) in [6.07, 6.45) is 3.93. The van der Waals surface area contributed by atoms with E-state index >= 15 is 0 Å².